The molecule has 1 heterocycles. The summed E-state index contributed by atoms with van der Waals surface area (Å²) in [5.74, 6) is 0. The van der Waals surface area contributed by atoms with Gasteiger partial charge in [0.25, 0.3) is 0 Å². The molecule has 0 aliphatic rings. The lowest BCUT2D eigenvalue weighted by Crippen LogP contribution is -1.77. The van der Waals surface area contributed by atoms with Crippen LogP contribution in [0.25, 0.3) is 0 Å². The third kappa shape index (κ3) is 1.04. The van der Waals surface area contributed by atoms with Crippen LogP contribution < -0.4 is 0 Å². The number of pyridine rings is 1. The number of hydrogen-bond acceptors (Lipinski definition) is 2. The SMILES string of the molecule is O[CH]c1ccncc1. The molecule has 0 unspecified atom stereocenters. The maximum absolute atomic E-state index is 8.38. The van der Waals surface area contributed by atoms with Gasteiger partial charge in [-0.15, -0.1) is 0 Å². The van der Waals surface area contributed by atoms with Gasteiger partial charge in [-0.1, -0.05) is 0 Å². The molecule has 0 saturated carbocycles. The van der Waals surface area contributed by atoms with Gasteiger partial charge < -0.3 is 5.11 Å². The van der Waals surface area contributed by atoms with Crippen LogP contribution in [-0.4, -0.2) is 10.1 Å². The molecule has 0 fully saturated rings. The van der Waals surface area contributed by atoms with Crippen molar-refractivity contribution in [2.24, 2.45) is 0 Å². The maximum atomic E-state index is 8.38. The topological polar surface area (TPSA) is 33.1 Å². The van der Waals surface area contributed by atoms with E-state index in [4.69, 9.17) is 5.11 Å². The Labute approximate surface area is 47.8 Å². The van der Waals surface area contributed by atoms with E-state index in [-0.39, 0.29) is 0 Å². The van der Waals surface area contributed by atoms with Crippen molar-refractivity contribution < 1.29 is 5.11 Å². The molecule has 0 bridgehead atoms. The Bertz CT molecular complexity index is 150. The molecule has 2 heteroatoms. The molecule has 2 nitrogen and oxygen atoms in total. The van der Waals surface area contributed by atoms with Crippen molar-refractivity contribution in [3.05, 3.63) is 36.7 Å². The van der Waals surface area contributed by atoms with Gasteiger partial charge in [-0.05, 0) is 17.7 Å². The number of rotatable bonds is 1. The lowest BCUT2D eigenvalue weighted by Gasteiger charge is -1.87. The average molecular weight is 108 g/mol. The van der Waals surface area contributed by atoms with E-state index in [9.17, 15) is 0 Å². The van der Waals surface area contributed by atoms with Gasteiger partial charge in [0.05, 0.1) is 0 Å². The van der Waals surface area contributed by atoms with E-state index in [0.29, 0.717) is 0 Å². The molecule has 0 atom stereocenters. The molecule has 41 valence electrons. The van der Waals surface area contributed by atoms with Crippen molar-refractivity contribution >= 4 is 0 Å². The Morgan fingerprint density at radius 1 is 1.38 bits per heavy atom. The molecule has 1 N–H and O–H groups in total. The number of aliphatic hydroxyl groups is 1. The number of hydrogen-bond donors (Lipinski definition) is 1. The summed E-state index contributed by atoms with van der Waals surface area (Å²) in [7, 11) is 0. The smallest absolute Gasteiger partial charge is 0.109 e. The first-order chi connectivity index (χ1) is 3.93. The summed E-state index contributed by atoms with van der Waals surface area (Å²) in [5, 5.41) is 8.38. The lowest BCUT2D eigenvalue weighted by atomic mass is 10.3. The van der Waals surface area contributed by atoms with E-state index >= 15 is 0 Å². The van der Waals surface area contributed by atoms with Crippen molar-refractivity contribution in [3.8, 4) is 0 Å². The fourth-order valence-electron chi connectivity index (χ4n) is 0.450. The summed E-state index contributed by atoms with van der Waals surface area (Å²) in [5.41, 5.74) is 0.778. The monoisotopic (exact) mass is 108 g/mol. The van der Waals surface area contributed by atoms with Gasteiger partial charge in [-0.2, -0.15) is 0 Å². The zero-order valence-electron chi connectivity index (χ0n) is 4.28. The van der Waals surface area contributed by atoms with Crippen LogP contribution in [0.4, 0.5) is 0 Å². The minimum atomic E-state index is 0.778. The number of aliphatic hydroxyl groups excluding tert-OH is 1. The van der Waals surface area contributed by atoms with Crippen molar-refractivity contribution in [3.63, 3.8) is 0 Å². The molecule has 0 aliphatic heterocycles. The van der Waals surface area contributed by atoms with Crippen LogP contribution in [0.1, 0.15) is 5.56 Å². The minimum absolute atomic E-state index is 0.778. The van der Waals surface area contributed by atoms with Crippen LogP contribution in [0.5, 0.6) is 0 Å². The Morgan fingerprint density at radius 3 is 2.38 bits per heavy atom. The van der Waals surface area contributed by atoms with E-state index in [1.165, 1.54) is 0 Å². The van der Waals surface area contributed by atoms with Crippen molar-refractivity contribution in [2.45, 2.75) is 0 Å². The van der Waals surface area contributed by atoms with Crippen LogP contribution in [-0.2, 0) is 0 Å². The summed E-state index contributed by atoms with van der Waals surface area (Å²) >= 11 is 0. The Balaban J connectivity index is 2.83. The standard InChI is InChI=1S/C6H6NO/c8-5-6-1-3-7-4-2-6/h1-5,8H. The summed E-state index contributed by atoms with van der Waals surface area (Å²) in [4.78, 5) is 3.76. The predicted octanol–water partition coefficient (Wildman–Crippen LogP) is 0.964. The molecule has 1 aromatic rings. The number of nitrogens with zero attached hydrogens (tertiary/aromatic N) is 1. The van der Waals surface area contributed by atoms with Crippen molar-refractivity contribution in [1.29, 1.82) is 0 Å². The lowest BCUT2D eigenvalue weighted by molar-refractivity contribution is 0.415. The first-order valence-electron chi connectivity index (χ1n) is 2.31. The first-order valence-corrected chi connectivity index (χ1v) is 2.31. The van der Waals surface area contributed by atoms with E-state index in [2.05, 4.69) is 4.98 Å². The summed E-state index contributed by atoms with van der Waals surface area (Å²) < 4.78 is 0. The van der Waals surface area contributed by atoms with Crippen LogP contribution in [0.2, 0.25) is 0 Å². The number of aromatic nitrogens is 1. The highest BCUT2D eigenvalue weighted by Gasteiger charge is 1.83. The molecule has 1 radical (unpaired) electrons. The molecule has 0 aromatic carbocycles. The minimum Gasteiger partial charge on any atom is -0.385 e. The molecule has 0 spiro atoms. The second kappa shape index (κ2) is 2.43. The predicted molar refractivity (Wildman–Crippen MR) is 29.6 cm³/mol. The molecular weight excluding hydrogens is 102 g/mol. The average Bonchev–Trinajstić information content (AvgIpc) is 1.90. The quantitative estimate of drug-likeness (QED) is 0.581. The highest BCUT2D eigenvalue weighted by Crippen LogP contribution is 1.94. The maximum Gasteiger partial charge on any atom is 0.109 e. The van der Waals surface area contributed by atoms with Crippen LogP contribution in [0.15, 0.2) is 24.5 Å². The first kappa shape index (κ1) is 5.25. The fraction of sp³-hybridized carbons (Fsp3) is 0. The fourth-order valence-corrected chi connectivity index (χ4v) is 0.450. The van der Waals surface area contributed by atoms with E-state index in [1.807, 2.05) is 0 Å². The molecule has 0 aliphatic carbocycles. The second-order valence-corrected chi connectivity index (χ2v) is 1.41. The largest absolute Gasteiger partial charge is 0.385 e. The van der Waals surface area contributed by atoms with Crippen LogP contribution >= 0.6 is 0 Å². The molecule has 1 aromatic heterocycles. The Hall–Kier alpha value is -0.890. The van der Waals surface area contributed by atoms with E-state index in [1.54, 1.807) is 24.5 Å². The highest BCUT2D eigenvalue weighted by atomic mass is 16.3. The van der Waals surface area contributed by atoms with Gasteiger partial charge in [-0.25, -0.2) is 0 Å². The molecule has 0 saturated heterocycles. The molecule has 0 amide bonds. The van der Waals surface area contributed by atoms with Crippen molar-refractivity contribution in [1.82, 2.24) is 4.98 Å². The van der Waals surface area contributed by atoms with Gasteiger partial charge in [0.1, 0.15) is 6.61 Å². The van der Waals surface area contributed by atoms with Crippen LogP contribution in [0, 0.1) is 6.61 Å². The van der Waals surface area contributed by atoms with Crippen LogP contribution in [0.3, 0.4) is 0 Å². The van der Waals surface area contributed by atoms with Gasteiger partial charge in [0, 0.05) is 12.4 Å². The summed E-state index contributed by atoms with van der Waals surface area (Å²) in [6.45, 7) is 1.04. The summed E-state index contributed by atoms with van der Waals surface area (Å²) in [6.07, 6.45) is 3.25. The zero-order chi connectivity index (χ0) is 5.82. The molecular formula is C6H6NO. The highest BCUT2D eigenvalue weighted by molar-refractivity contribution is 5.14. The third-order valence-corrected chi connectivity index (χ3v) is 0.855. The van der Waals surface area contributed by atoms with Gasteiger partial charge in [0.2, 0.25) is 0 Å². The second-order valence-electron chi connectivity index (χ2n) is 1.41. The van der Waals surface area contributed by atoms with E-state index in [0.717, 1.165) is 12.2 Å². The molecule has 1 rings (SSSR count). The van der Waals surface area contributed by atoms with Gasteiger partial charge in [0.15, 0.2) is 0 Å². The van der Waals surface area contributed by atoms with Gasteiger partial charge in [-0.3, -0.25) is 4.98 Å². The van der Waals surface area contributed by atoms with E-state index < -0.39 is 0 Å². The van der Waals surface area contributed by atoms with Gasteiger partial charge >= 0.3 is 0 Å². The Kier molecular flexibility index (Phi) is 1.59. The molecule has 8 heavy (non-hydrogen) atoms. The Morgan fingerprint density at radius 2 is 2.00 bits per heavy atom. The third-order valence-electron chi connectivity index (χ3n) is 0.855. The normalized spacial score (nSPS) is 9.12. The van der Waals surface area contributed by atoms with Crippen molar-refractivity contribution in [2.75, 3.05) is 0 Å². The summed E-state index contributed by atoms with van der Waals surface area (Å²) in [6, 6.07) is 3.44. The zero-order valence-corrected chi connectivity index (χ0v) is 4.28.